The van der Waals surface area contributed by atoms with Crippen LogP contribution < -0.4 is 5.32 Å². The first kappa shape index (κ1) is 19.0. The quantitative estimate of drug-likeness (QED) is 0.909. The molecule has 0 aliphatic carbocycles. The van der Waals surface area contributed by atoms with Crippen LogP contribution in [-0.4, -0.2) is 42.3 Å². The predicted molar refractivity (Wildman–Crippen MR) is 99.0 cm³/mol. The summed E-state index contributed by atoms with van der Waals surface area (Å²) in [7, 11) is 0. The maximum absolute atomic E-state index is 12.0. The number of hydrogen-bond donors (Lipinski definition) is 1. The number of piperidine rings is 1. The first-order valence-electron chi connectivity index (χ1n) is 8.75. The van der Waals surface area contributed by atoms with Gasteiger partial charge in [-0.2, -0.15) is 5.26 Å². The molecular weight excluding hydrogens is 314 g/mol. The van der Waals surface area contributed by atoms with Crippen LogP contribution in [0.25, 0.3) is 6.08 Å². The van der Waals surface area contributed by atoms with E-state index in [0.717, 1.165) is 38.0 Å². The summed E-state index contributed by atoms with van der Waals surface area (Å²) >= 11 is 0. The highest BCUT2D eigenvalue weighted by Gasteiger charge is 2.26. The van der Waals surface area contributed by atoms with Gasteiger partial charge in [-0.15, -0.1) is 0 Å². The lowest BCUT2D eigenvalue weighted by atomic mass is 10.1. The van der Waals surface area contributed by atoms with Crippen LogP contribution in [0.2, 0.25) is 0 Å². The number of nitriles is 1. The smallest absolute Gasteiger partial charge is 0.410 e. The van der Waals surface area contributed by atoms with E-state index in [1.54, 1.807) is 4.90 Å². The zero-order valence-electron chi connectivity index (χ0n) is 15.3. The van der Waals surface area contributed by atoms with Gasteiger partial charge in [-0.1, -0.05) is 24.3 Å². The summed E-state index contributed by atoms with van der Waals surface area (Å²) in [6.45, 7) is 7.91. The number of carbonyl (C=O) groups is 1. The van der Waals surface area contributed by atoms with Gasteiger partial charge in [-0.3, -0.25) is 0 Å². The molecule has 1 fully saturated rings. The van der Waals surface area contributed by atoms with E-state index in [9.17, 15) is 4.79 Å². The van der Waals surface area contributed by atoms with Crippen molar-refractivity contribution in [1.29, 1.82) is 5.26 Å². The normalized spacial score (nSPS) is 16.0. The number of nitrogens with zero attached hydrogens (tertiary/aromatic N) is 2. The van der Waals surface area contributed by atoms with Crippen LogP contribution in [0.1, 0.15) is 44.7 Å². The molecule has 5 heteroatoms. The highest BCUT2D eigenvalue weighted by atomic mass is 16.6. The van der Waals surface area contributed by atoms with Crippen LogP contribution in [0.4, 0.5) is 4.79 Å². The second kappa shape index (κ2) is 8.68. The van der Waals surface area contributed by atoms with E-state index >= 15 is 0 Å². The average molecular weight is 341 g/mol. The minimum Gasteiger partial charge on any atom is -0.444 e. The van der Waals surface area contributed by atoms with Crippen LogP contribution >= 0.6 is 0 Å². The van der Waals surface area contributed by atoms with Crippen LogP contribution in [0.3, 0.4) is 0 Å². The van der Waals surface area contributed by atoms with Crippen LogP contribution in [0.15, 0.2) is 30.3 Å². The van der Waals surface area contributed by atoms with Gasteiger partial charge in [0.15, 0.2) is 0 Å². The molecule has 5 nitrogen and oxygen atoms in total. The van der Waals surface area contributed by atoms with Crippen molar-refractivity contribution in [2.75, 3.05) is 19.6 Å². The molecule has 0 saturated carbocycles. The second-order valence-electron chi connectivity index (χ2n) is 7.29. The first-order chi connectivity index (χ1) is 11.9. The summed E-state index contributed by atoms with van der Waals surface area (Å²) in [6, 6.07) is 10.1. The molecule has 1 aromatic carbocycles. The zero-order chi connectivity index (χ0) is 18.3. The van der Waals surface area contributed by atoms with Gasteiger partial charge in [0.05, 0.1) is 11.6 Å². The topological polar surface area (TPSA) is 65.4 Å². The van der Waals surface area contributed by atoms with Crippen LogP contribution in [0, 0.1) is 11.3 Å². The minimum atomic E-state index is -0.442. The molecular formula is C20H27N3O2. The SMILES string of the molecule is CC(C)(C)OC(=O)N1CCC(NC/C=C/c2ccc(C#N)cc2)CC1. The van der Waals surface area contributed by atoms with Gasteiger partial charge in [0.1, 0.15) is 5.60 Å². The van der Waals surface area contributed by atoms with Gasteiger partial charge in [0.25, 0.3) is 0 Å². The number of likely N-dealkylation sites (tertiary alicyclic amines) is 1. The minimum absolute atomic E-state index is 0.216. The molecule has 0 atom stereocenters. The molecule has 1 aliphatic heterocycles. The molecule has 1 saturated heterocycles. The number of amides is 1. The van der Waals surface area contributed by atoms with E-state index in [2.05, 4.69) is 17.5 Å². The Kier molecular flexibility index (Phi) is 6.60. The maximum Gasteiger partial charge on any atom is 0.410 e. The van der Waals surface area contributed by atoms with Crippen molar-refractivity contribution in [3.63, 3.8) is 0 Å². The third-order valence-electron chi connectivity index (χ3n) is 4.02. The maximum atomic E-state index is 12.0. The molecule has 0 aromatic heterocycles. The molecule has 0 radical (unpaired) electrons. The number of rotatable bonds is 4. The van der Waals surface area contributed by atoms with Gasteiger partial charge in [-0.25, -0.2) is 4.79 Å². The molecule has 1 heterocycles. The Balaban J connectivity index is 1.69. The van der Waals surface area contributed by atoms with E-state index in [1.807, 2.05) is 51.1 Å². The van der Waals surface area contributed by atoms with Gasteiger partial charge < -0.3 is 15.0 Å². The molecule has 1 amide bonds. The molecule has 134 valence electrons. The van der Waals surface area contributed by atoms with Gasteiger partial charge in [-0.05, 0) is 51.3 Å². The lowest BCUT2D eigenvalue weighted by Crippen LogP contribution is -2.46. The third-order valence-corrected chi connectivity index (χ3v) is 4.02. The lowest BCUT2D eigenvalue weighted by Gasteiger charge is -2.33. The summed E-state index contributed by atoms with van der Waals surface area (Å²) in [5, 5.41) is 12.3. The van der Waals surface area contributed by atoms with Crippen molar-refractivity contribution >= 4 is 12.2 Å². The average Bonchev–Trinajstić information content (AvgIpc) is 2.58. The van der Waals surface area contributed by atoms with E-state index in [0.29, 0.717) is 11.6 Å². The van der Waals surface area contributed by atoms with Crippen molar-refractivity contribution in [2.24, 2.45) is 0 Å². The number of carbonyl (C=O) groups excluding carboxylic acids is 1. The number of benzene rings is 1. The van der Waals surface area contributed by atoms with Crippen molar-refractivity contribution in [3.8, 4) is 6.07 Å². The van der Waals surface area contributed by atoms with Crippen LogP contribution in [-0.2, 0) is 4.74 Å². The number of ether oxygens (including phenoxy) is 1. The Morgan fingerprint density at radius 1 is 1.32 bits per heavy atom. The molecule has 25 heavy (non-hydrogen) atoms. The molecule has 0 bridgehead atoms. The van der Waals surface area contributed by atoms with E-state index in [1.165, 1.54) is 0 Å². The van der Waals surface area contributed by atoms with Crippen molar-refractivity contribution in [2.45, 2.75) is 45.3 Å². The highest BCUT2D eigenvalue weighted by Crippen LogP contribution is 2.15. The summed E-state index contributed by atoms with van der Waals surface area (Å²) in [5.41, 5.74) is 1.31. The third kappa shape index (κ3) is 6.60. The van der Waals surface area contributed by atoms with Crippen LogP contribution in [0.5, 0.6) is 0 Å². The lowest BCUT2D eigenvalue weighted by molar-refractivity contribution is 0.0199. The van der Waals surface area contributed by atoms with Crippen molar-refractivity contribution < 1.29 is 9.53 Å². The van der Waals surface area contributed by atoms with Gasteiger partial charge in [0, 0.05) is 25.7 Å². The largest absolute Gasteiger partial charge is 0.444 e. The fourth-order valence-electron chi connectivity index (χ4n) is 2.69. The predicted octanol–water partition coefficient (Wildman–Crippen LogP) is 3.56. The molecule has 2 rings (SSSR count). The molecule has 0 spiro atoms. The second-order valence-corrected chi connectivity index (χ2v) is 7.29. The summed E-state index contributed by atoms with van der Waals surface area (Å²) in [6.07, 6.45) is 5.78. The summed E-state index contributed by atoms with van der Waals surface area (Å²) < 4.78 is 5.41. The van der Waals surface area contributed by atoms with Gasteiger partial charge in [0.2, 0.25) is 0 Å². The molecule has 1 aromatic rings. The molecule has 0 unspecified atom stereocenters. The van der Waals surface area contributed by atoms with E-state index < -0.39 is 5.60 Å². The van der Waals surface area contributed by atoms with E-state index in [-0.39, 0.29) is 6.09 Å². The van der Waals surface area contributed by atoms with E-state index in [4.69, 9.17) is 10.00 Å². The number of nitrogens with one attached hydrogen (secondary N) is 1. The summed E-state index contributed by atoms with van der Waals surface area (Å²) in [4.78, 5) is 13.8. The van der Waals surface area contributed by atoms with Gasteiger partial charge >= 0.3 is 6.09 Å². The monoisotopic (exact) mass is 341 g/mol. The zero-order valence-corrected chi connectivity index (χ0v) is 15.3. The summed E-state index contributed by atoms with van der Waals surface area (Å²) in [5.74, 6) is 0. The first-order valence-corrected chi connectivity index (χ1v) is 8.75. The standard InChI is InChI=1S/C20H27N3O2/c1-20(2,3)25-19(24)23-13-10-18(11-14-23)22-12-4-5-16-6-8-17(15-21)9-7-16/h4-9,18,22H,10-14H2,1-3H3/b5-4+. The highest BCUT2D eigenvalue weighted by molar-refractivity contribution is 5.68. The van der Waals surface area contributed by atoms with Crippen molar-refractivity contribution in [1.82, 2.24) is 10.2 Å². The fourth-order valence-corrected chi connectivity index (χ4v) is 2.69. The Morgan fingerprint density at radius 3 is 2.52 bits per heavy atom. The Bertz CT molecular complexity index is 630. The molecule has 1 aliphatic rings. The Labute approximate surface area is 150 Å². The van der Waals surface area contributed by atoms with Crippen molar-refractivity contribution in [3.05, 3.63) is 41.5 Å². The Morgan fingerprint density at radius 2 is 1.96 bits per heavy atom. The molecule has 1 N–H and O–H groups in total. The number of hydrogen-bond acceptors (Lipinski definition) is 4. The Hall–Kier alpha value is -2.32. The fraction of sp³-hybridized carbons (Fsp3) is 0.500.